The zero-order chi connectivity index (χ0) is 22.2. The highest BCUT2D eigenvalue weighted by Gasteiger charge is 2.12. The van der Waals surface area contributed by atoms with Crippen molar-refractivity contribution in [2.45, 2.75) is 6.54 Å². The summed E-state index contributed by atoms with van der Waals surface area (Å²) in [6.07, 6.45) is 3.08. The fourth-order valence-electron chi connectivity index (χ4n) is 2.91. The molecule has 3 aromatic rings. The van der Waals surface area contributed by atoms with Gasteiger partial charge in [0, 0.05) is 17.7 Å². The Bertz CT molecular complexity index is 1050. The van der Waals surface area contributed by atoms with Crippen LogP contribution in [-0.4, -0.2) is 39.5 Å². The Labute approximate surface area is 180 Å². The van der Waals surface area contributed by atoms with Crippen molar-refractivity contribution in [1.82, 2.24) is 10.5 Å². The molecule has 162 valence electrons. The van der Waals surface area contributed by atoms with Crippen molar-refractivity contribution in [3.63, 3.8) is 0 Å². The monoisotopic (exact) mass is 424 g/mol. The quantitative estimate of drug-likeness (QED) is 0.524. The topological polar surface area (TPSA) is 92.1 Å². The summed E-state index contributed by atoms with van der Waals surface area (Å²) in [4.78, 5) is 12.2. The maximum Gasteiger partial charge on any atom is 0.244 e. The summed E-state index contributed by atoms with van der Waals surface area (Å²) >= 11 is 0. The van der Waals surface area contributed by atoms with Crippen LogP contribution < -0.4 is 24.3 Å². The first-order chi connectivity index (χ1) is 15.1. The first-order valence-electron chi connectivity index (χ1n) is 9.44. The van der Waals surface area contributed by atoms with Crippen molar-refractivity contribution in [2.75, 3.05) is 28.4 Å². The minimum atomic E-state index is -0.278. The Morgan fingerprint density at radius 1 is 1.00 bits per heavy atom. The van der Waals surface area contributed by atoms with Gasteiger partial charge in [-0.2, -0.15) is 0 Å². The molecule has 1 heterocycles. The zero-order valence-electron chi connectivity index (χ0n) is 17.8. The molecular formula is C23H24N2O6. The number of ether oxygens (including phenoxy) is 4. The highest BCUT2D eigenvalue weighted by Crippen LogP contribution is 2.38. The first kappa shape index (κ1) is 21.8. The number of nitrogens with zero attached hydrogens (tertiary/aromatic N) is 1. The molecule has 1 N–H and O–H groups in total. The van der Waals surface area contributed by atoms with E-state index >= 15 is 0 Å². The van der Waals surface area contributed by atoms with Gasteiger partial charge in [0.15, 0.2) is 17.3 Å². The van der Waals surface area contributed by atoms with Crippen LogP contribution >= 0.6 is 0 Å². The lowest BCUT2D eigenvalue weighted by Gasteiger charge is -2.12. The number of rotatable bonds is 9. The molecule has 2 aromatic carbocycles. The van der Waals surface area contributed by atoms with Crippen molar-refractivity contribution in [3.8, 4) is 34.3 Å². The maximum atomic E-state index is 12.2. The average Bonchev–Trinajstić information content (AvgIpc) is 3.29. The molecule has 0 saturated carbocycles. The summed E-state index contributed by atoms with van der Waals surface area (Å²) in [7, 11) is 6.21. The standard InChI is InChI=1S/C23H24N2O6/c1-27-18-7-5-6-16(12-18)19-13-17(25-31-19)14-24-22(26)9-8-15-10-20(28-2)23(30-4)21(11-15)29-3/h5-13H,14H2,1-4H3,(H,24,26). The third kappa shape index (κ3) is 5.36. The number of carbonyl (C=O) groups excluding carboxylic acids is 1. The van der Waals surface area contributed by atoms with Gasteiger partial charge in [-0.1, -0.05) is 17.3 Å². The number of nitrogens with one attached hydrogen (secondary N) is 1. The van der Waals surface area contributed by atoms with Crippen LogP contribution in [-0.2, 0) is 11.3 Å². The number of methoxy groups -OCH3 is 4. The lowest BCUT2D eigenvalue weighted by molar-refractivity contribution is -0.116. The number of benzene rings is 2. The van der Waals surface area contributed by atoms with Crippen LogP contribution in [0.15, 0.2) is 53.1 Å². The van der Waals surface area contributed by atoms with Gasteiger partial charge in [0.25, 0.3) is 0 Å². The second-order valence-corrected chi connectivity index (χ2v) is 6.42. The fraction of sp³-hybridized carbons (Fsp3) is 0.217. The van der Waals surface area contributed by atoms with E-state index in [1.807, 2.05) is 24.3 Å². The molecule has 31 heavy (non-hydrogen) atoms. The van der Waals surface area contributed by atoms with Crippen LogP contribution in [0.5, 0.6) is 23.0 Å². The first-order valence-corrected chi connectivity index (χ1v) is 9.44. The highest BCUT2D eigenvalue weighted by molar-refractivity contribution is 5.91. The molecule has 0 saturated heterocycles. The average molecular weight is 424 g/mol. The largest absolute Gasteiger partial charge is 0.497 e. The summed E-state index contributed by atoms with van der Waals surface area (Å²) in [6.45, 7) is 0.228. The molecule has 0 radical (unpaired) electrons. The normalized spacial score (nSPS) is 10.7. The molecule has 8 heteroatoms. The van der Waals surface area contributed by atoms with E-state index in [2.05, 4.69) is 10.5 Å². The molecule has 0 fully saturated rings. The molecule has 0 aliphatic rings. The second kappa shape index (κ2) is 10.2. The third-order valence-corrected chi connectivity index (χ3v) is 4.47. The van der Waals surface area contributed by atoms with E-state index in [1.54, 1.807) is 31.4 Å². The molecule has 1 amide bonds. The number of carbonyl (C=O) groups is 1. The Hall–Kier alpha value is -3.94. The molecule has 0 bridgehead atoms. The minimum Gasteiger partial charge on any atom is -0.497 e. The molecule has 8 nitrogen and oxygen atoms in total. The van der Waals surface area contributed by atoms with Crippen LogP contribution in [0.4, 0.5) is 0 Å². The highest BCUT2D eigenvalue weighted by atomic mass is 16.5. The molecule has 3 rings (SSSR count). The van der Waals surface area contributed by atoms with Gasteiger partial charge >= 0.3 is 0 Å². The van der Waals surface area contributed by atoms with E-state index in [0.717, 1.165) is 16.9 Å². The Balaban J connectivity index is 1.63. The zero-order valence-corrected chi connectivity index (χ0v) is 17.8. The molecule has 0 aliphatic carbocycles. The van der Waals surface area contributed by atoms with Gasteiger partial charge in [0.1, 0.15) is 11.4 Å². The Morgan fingerprint density at radius 2 is 1.74 bits per heavy atom. The van der Waals surface area contributed by atoms with Crippen LogP contribution in [0.1, 0.15) is 11.3 Å². The lowest BCUT2D eigenvalue weighted by atomic mass is 10.1. The van der Waals surface area contributed by atoms with Crippen molar-refractivity contribution in [2.24, 2.45) is 0 Å². The van der Waals surface area contributed by atoms with Gasteiger partial charge in [-0.25, -0.2) is 0 Å². The van der Waals surface area contributed by atoms with E-state index < -0.39 is 0 Å². The van der Waals surface area contributed by atoms with Gasteiger partial charge < -0.3 is 28.8 Å². The van der Waals surface area contributed by atoms with Crippen molar-refractivity contribution in [1.29, 1.82) is 0 Å². The summed E-state index contributed by atoms with van der Waals surface area (Å²) < 4.78 is 26.5. The van der Waals surface area contributed by atoms with Gasteiger partial charge in [0.05, 0.1) is 35.0 Å². The number of hydrogen-bond donors (Lipinski definition) is 1. The summed E-state index contributed by atoms with van der Waals surface area (Å²) in [6, 6.07) is 12.7. The van der Waals surface area contributed by atoms with Crippen molar-refractivity contribution >= 4 is 12.0 Å². The fourth-order valence-corrected chi connectivity index (χ4v) is 2.91. The number of amides is 1. The molecule has 0 aliphatic heterocycles. The number of hydrogen-bond acceptors (Lipinski definition) is 7. The summed E-state index contributed by atoms with van der Waals surface area (Å²) in [5.41, 5.74) is 2.17. The lowest BCUT2D eigenvalue weighted by Crippen LogP contribution is -2.20. The van der Waals surface area contributed by atoms with E-state index in [-0.39, 0.29) is 12.5 Å². The molecule has 0 spiro atoms. The smallest absolute Gasteiger partial charge is 0.244 e. The van der Waals surface area contributed by atoms with Crippen LogP contribution in [0.25, 0.3) is 17.4 Å². The minimum absolute atomic E-state index is 0.228. The van der Waals surface area contributed by atoms with E-state index in [4.69, 9.17) is 23.5 Å². The van der Waals surface area contributed by atoms with E-state index in [0.29, 0.717) is 28.7 Å². The van der Waals surface area contributed by atoms with Crippen LogP contribution in [0.3, 0.4) is 0 Å². The van der Waals surface area contributed by atoms with Gasteiger partial charge in [0.2, 0.25) is 11.7 Å². The van der Waals surface area contributed by atoms with Crippen molar-refractivity contribution in [3.05, 3.63) is 59.8 Å². The van der Waals surface area contributed by atoms with Crippen LogP contribution in [0, 0.1) is 0 Å². The van der Waals surface area contributed by atoms with Gasteiger partial charge in [-0.3, -0.25) is 4.79 Å². The van der Waals surface area contributed by atoms with Gasteiger partial charge in [-0.15, -0.1) is 0 Å². The molecule has 0 unspecified atom stereocenters. The SMILES string of the molecule is COc1cccc(-c2cc(CNC(=O)C=Cc3cc(OC)c(OC)c(OC)c3)no2)c1. The summed E-state index contributed by atoms with van der Waals surface area (Å²) in [5, 5.41) is 6.78. The predicted molar refractivity (Wildman–Crippen MR) is 115 cm³/mol. The van der Waals surface area contributed by atoms with E-state index in [9.17, 15) is 4.79 Å². The predicted octanol–water partition coefficient (Wildman–Crippen LogP) is 3.71. The number of aromatic nitrogens is 1. The third-order valence-electron chi connectivity index (χ3n) is 4.47. The molecule has 0 atom stereocenters. The van der Waals surface area contributed by atoms with Crippen molar-refractivity contribution < 1.29 is 28.3 Å². The Morgan fingerprint density at radius 3 is 2.39 bits per heavy atom. The summed E-state index contributed by atoms with van der Waals surface area (Å²) in [5.74, 6) is 2.55. The molecular weight excluding hydrogens is 400 g/mol. The second-order valence-electron chi connectivity index (χ2n) is 6.42. The Kier molecular flexibility index (Phi) is 7.16. The van der Waals surface area contributed by atoms with Crippen LogP contribution in [0.2, 0.25) is 0 Å². The maximum absolute atomic E-state index is 12.2. The van der Waals surface area contributed by atoms with Gasteiger partial charge in [-0.05, 0) is 35.9 Å². The molecule has 1 aromatic heterocycles. The van der Waals surface area contributed by atoms with E-state index in [1.165, 1.54) is 27.4 Å².